The third kappa shape index (κ3) is 3.52. The first kappa shape index (κ1) is 13.0. The molecule has 3 heteroatoms. The molecule has 17 heavy (non-hydrogen) atoms. The van der Waals surface area contributed by atoms with Crippen LogP contribution >= 0.6 is 11.3 Å². The van der Waals surface area contributed by atoms with Gasteiger partial charge in [-0.2, -0.15) is 0 Å². The zero-order chi connectivity index (χ0) is 12.1. The van der Waals surface area contributed by atoms with Crippen LogP contribution < -0.4 is 5.32 Å². The Morgan fingerprint density at radius 1 is 1.53 bits per heavy atom. The molecule has 2 rings (SSSR count). The number of nitrogens with one attached hydrogen (secondary N) is 1. The van der Waals surface area contributed by atoms with E-state index in [2.05, 4.69) is 29.5 Å². The van der Waals surface area contributed by atoms with Crippen LogP contribution in [0.5, 0.6) is 0 Å². The van der Waals surface area contributed by atoms with Crippen LogP contribution in [0.1, 0.15) is 57.7 Å². The molecule has 1 N–H and O–H groups in total. The molecule has 0 saturated heterocycles. The van der Waals surface area contributed by atoms with Crippen LogP contribution in [-0.2, 0) is 0 Å². The lowest BCUT2D eigenvalue weighted by atomic mass is 9.78. The van der Waals surface area contributed by atoms with E-state index in [0.29, 0.717) is 6.04 Å². The van der Waals surface area contributed by atoms with Gasteiger partial charge in [0.15, 0.2) is 0 Å². The fourth-order valence-corrected chi connectivity index (χ4v) is 3.56. The van der Waals surface area contributed by atoms with Crippen LogP contribution in [0.4, 0.5) is 0 Å². The van der Waals surface area contributed by atoms with Gasteiger partial charge >= 0.3 is 0 Å². The Morgan fingerprint density at radius 2 is 2.41 bits per heavy atom. The molecule has 1 saturated carbocycles. The van der Waals surface area contributed by atoms with Crippen LogP contribution in [0.2, 0.25) is 0 Å². The number of nitrogens with zero attached hydrogens (tertiary/aromatic N) is 1. The number of thiazole rings is 1. The molecule has 0 aromatic carbocycles. The summed E-state index contributed by atoms with van der Waals surface area (Å²) in [4.78, 5) is 4.53. The van der Waals surface area contributed by atoms with Gasteiger partial charge in [0.05, 0.1) is 17.2 Å². The summed E-state index contributed by atoms with van der Waals surface area (Å²) in [5.74, 6) is 1.67. The summed E-state index contributed by atoms with van der Waals surface area (Å²) in [6, 6.07) is 0.490. The molecule has 0 amide bonds. The minimum atomic E-state index is 0.490. The second kappa shape index (κ2) is 6.50. The van der Waals surface area contributed by atoms with Gasteiger partial charge in [0.2, 0.25) is 0 Å². The molecule has 2 nitrogen and oxygen atoms in total. The minimum Gasteiger partial charge on any atom is -0.308 e. The Labute approximate surface area is 109 Å². The summed E-state index contributed by atoms with van der Waals surface area (Å²) in [5.41, 5.74) is 3.23. The summed E-state index contributed by atoms with van der Waals surface area (Å²) >= 11 is 1.72. The number of rotatable bonds is 5. The molecular weight excluding hydrogens is 228 g/mol. The Bertz CT molecular complexity index is 310. The van der Waals surface area contributed by atoms with Crippen molar-refractivity contribution in [2.24, 2.45) is 11.8 Å². The molecule has 1 fully saturated rings. The first-order valence-corrected chi connectivity index (χ1v) is 7.87. The molecule has 0 radical (unpaired) electrons. The van der Waals surface area contributed by atoms with Crippen molar-refractivity contribution in [1.29, 1.82) is 0 Å². The number of hydrogen-bond acceptors (Lipinski definition) is 3. The van der Waals surface area contributed by atoms with E-state index < -0.39 is 0 Å². The van der Waals surface area contributed by atoms with Gasteiger partial charge in [-0.3, -0.25) is 0 Å². The summed E-state index contributed by atoms with van der Waals surface area (Å²) in [5, 5.41) is 5.92. The van der Waals surface area contributed by atoms with Gasteiger partial charge in [-0.1, -0.05) is 26.7 Å². The van der Waals surface area contributed by atoms with Crippen LogP contribution in [-0.4, -0.2) is 11.5 Å². The topological polar surface area (TPSA) is 24.9 Å². The Morgan fingerprint density at radius 3 is 3.06 bits per heavy atom. The summed E-state index contributed by atoms with van der Waals surface area (Å²) < 4.78 is 0. The van der Waals surface area contributed by atoms with Crippen LogP contribution in [0.3, 0.4) is 0 Å². The van der Waals surface area contributed by atoms with E-state index >= 15 is 0 Å². The van der Waals surface area contributed by atoms with E-state index in [-0.39, 0.29) is 0 Å². The van der Waals surface area contributed by atoms with E-state index in [4.69, 9.17) is 0 Å². The van der Waals surface area contributed by atoms with Crippen LogP contribution in [0, 0.1) is 11.8 Å². The van der Waals surface area contributed by atoms with Gasteiger partial charge in [-0.05, 0) is 37.6 Å². The quantitative estimate of drug-likeness (QED) is 0.856. The van der Waals surface area contributed by atoms with E-state index in [9.17, 15) is 0 Å². The van der Waals surface area contributed by atoms with Crippen LogP contribution in [0.15, 0.2) is 10.9 Å². The Hall–Kier alpha value is -0.410. The first-order chi connectivity index (χ1) is 8.31. The van der Waals surface area contributed by atoms with Gasteiger partial charge in [0, 0.05) is 5.38 Å². The molecule has 96 valence electrons. The Kier molecular flexibility index (Phi) is 4.99. The number of aromatic nitrogens is 1. The van der Waals surface area contributed by atoms with Crippen molar-refractivity contribution >= 4 is 11.3 Å². The minimum absolute atomic E-state index is 0.490. The second-order valence-corrected chi connectivity index (χ2v) is 6.10. The molecule has 0 bridgehead atoms. The lowest BCUT2D eigenvalue weighted by Gasteiger charge is -2.33. The molecule has 1 aromatic heterocycles. The monoisotopic (exact) mass is 252 g/mol. The highest BCUT2D eigenvalue weighted by molar-refractivity contribution is 7.07. The molecule has 1 heterocycles. The highest BCUT2D eigenvalue weighted by Crippen LogP contribution is 2.36. The summed E-state index contributed by atoms with van der Waals surface area (Å²) in [6.45, 7) is 5.73. The molecule has 0 spiro atoms. The van der Waals surface area contributed by atoms with E-state index in [1.807, 2.05) is 5.51 Å². The maximum atomic E-state index is 4.53. The number of hydrogen-bond donors (Lipinski definition) is 1. The van der Waals surface area contributed by atoms with E-state index in [1.54, 1.807) is 11.3 Å². The van der Waals surface area contributed by atoms with Gasteiger partial charge in [-0.25, -0.2) is 4.98 Å². The third-order valence-corrected chi connectivity index (χ3v) is 4.44. The molecular formula is C14H24N2S. The smallest absolute Gasteiger partial charge is 0.0795 e. The third-order valence-electron chi connectivity index (χ3n) is 3.83. The van der Waals surface area contributed by atoms with Crippen molar-refractivity contribution in [3.8, 4) is 0 Å². The first-order valence-electron chi connectivity index (χ1n) is 6.92. The van der Waals surface area contributed by atoms with Crippen LogP contribution in [0.25, 0.3) is 0 Å². The van der Waals surface area contributed by atoms with E-state index in [0.717, 1.165) is 18.4 Å². The zero-order valence-corrected chi connectivity index (χ0v) is 11.8. The largest absolute Gasteiger partial charge is 0.308 e. The van der Waals surface area contributed by atoms with Gasteiger partial charge < -0.3 is 5.32 Å². The molecule has 0 aliphatic heterocycles. The van der Waals surface area contributed by atoms with E-state index in [1.165, 1.54) is 37.8 Å². The Balaban J connectivity index is 2.03. The maximum Gasteiger partial charge on any atom is 0.0795 e. The predicted molar refractivity (Wildman–Crippen MR) is 74.3 cm³/mol. The molecule has 1 aliphatic carbocycles. The fraction of sp³-hybridized carbons (Fsp3) is 0.786. The standard InChI is InChI=1S/C14H24N2S/c1-3-7-15-14(13-9-17-10-16-13)12-6-4-5-11(2)8-12/h9-12,14-15H,3-8H2,1-2H3. The predicted octanol–water partition coefficient (Wildman–Crippen LogP) is 4.01. The second-order valence-electron chi connectivity index (χ2n) is 5.38. The summed E-state index contributed by atoms with van der Waals surface area (Å²) in [6.07, 6.45) is 6.72. The van der Waals surface area contributed by atoms with Crippen molar-refractivity contribution < 1.29 is 0 Å². The van der Waals surface area contributed by atoms with Crippen molar-refractivity contribution in [1.82, 2.24) is 10.3 Å². The van der Waals surface area contributed by atoms with Crippen molar-refractivity contribution in [2.45, 2.75) is 52.0 Å². The molecule has 3 unspecified atom stereocenters. The van der Waals surface area contributed by atoms with Crippen molar-refractivity contribution in [3.63, 3.8) is 0 Å². The zero-order valence-electron chi connectivity index (χ0n) is 11.0. The maximum absolute atomic E-state index is 4.53. The highest BCUT2D eigenvalue weighted by Gasteiger charge is 2.28. The highest BCUT2D eigenvalue weighted by atomic mass is 32.1. The summed E-state index contributed by atoms with van der Waals surface area (Å²) in [7, 11) is 0. The average molecular weight is 252 g/mol. The normalized spacial score (nSPS) is 26.9. The fourth-order valence-electron chi connectivity index (χ4n) is 2.97. The van der Waals surface area contributed by atoms with Gasteiger partial charge in [0.1, 0.15) is 0 Å². The SMILES string of the molecule is CCCNC(c1cscn1)C1CCCC(C)C1. The molecule has 3 atom stereocenters. The average Bonchev–Trinajstić information content (AvgIpc) is 2.83. The van der Waals surface area contributed by atoms with Gasteiger partial charge in [-0.15, -0.1) is 11.3 Å². The molecule has 1 aromatic rings. The molecule has 1 aliphatic rings. The van der Waals surface area contributed by atoms with Crippen molar-refractivity contribution in [3.05, 3.63) is 16.6 Å². The van der Waals surface area contributed by atoms with Crippen molar-refractivity contribution in [2.75, 3.05) is 6.54 Å². The lowest BCUT2D eigenvalue weighted by Crippen LogP contribution is -2.32. The lowest BCUT2D eigenvalue weighted by molar-refractivity contribution is 0.221. The van der Waals surface area contributed by atoms with Gasteiger partial charge in [0.25, 0.3) is 0 Å².